The van der Waals surface area contributed by atoms with E-state index in [-0.39, 0.29) is 28.3 Å². The molecule has 0 bridgehead atoms. The number of carbonyl (C=O) groups excluding carboxylic acids is 2. The Hall–Kier alpha value is -1.92. The minimum atomic E-state index is -2.47. The Morgan fingerprint density at radius 2 is 0.897 bits per heavy atom. The summed E-state index contributed by atoms with van der Waals surface area (Å²) in [4.78, 5) is 22.9. The third-order valence-corrected chi connectivity index (χ3v) is 11.5. The first kappa shape index (κ1) is 37.1. The van der Waals surface area contributed by atoms with Crippen LogP contribution in [-0.4, -0.2) is 84.9 Å². The van der Waals surface area contributed by atoms with Crippen molar-refractivity contribution in [1.82, 2.24) is 10.6 Å². The van der Waals surface area contributed by atoms with Crippen molar-refractivity contribution in [2.75, 3.05) is 55.7 Å². The summed E-state index contributed by atoms with van der Waals surface area (Å²) in [6, 6.07) is 1.47. The fourth-order valence-electron chi connectivity index (χ4n) is 3.49. The number of hydrogen-bond donors (Lipinski definition) is 2. The van der Waals surface area contributed by atoms with Crippen LogP contribution in [-0.2, 0) is 52.9 Å². The van der Waals surface area contributed by atoms with E-state index < -0.39 is 17.6 Å². The second-order valence-corrected chi connectivity index (χ2v) is 14.3. The first-order valence-corrected chi connectivity index (χ1v) is 16.2. The zero-order valence-electron chi connectivity index (χ0n) is 23.6. The molecule has 1 radical (unpaired) electrons. The summed E-state index contributed by atoms with van der Waals surface area (Å²) in [7, 11) is 4.68. The molecule has 0 aromatic carbocycles. The first-order chi connectivity index (χ1) is 18.3. The number of carbonyl (C=O) groups is 2. The second kappa shape index (κ2) is 20.9. The molecule has 0 spiro atoms. The van der Waals surface area contributed by atoms with Crippen LogP contribution in [0.2, 0.25) is 12.1 Å². The van der Waals surface area contributed by atoms with Crippen LogP contribution in [0.25, 0.3) is 0 Å². The molecule has 221 valence electrons. The maximum absolute atomic E-state index is 11.5. The Morgan fingerprint density at radius 1 is 0.590 bits per heavy atom. The number of ketones is 2. The minimum Gasteiger partial charge on any atom is -0.390 e. The van der Waals surface area contributed by atoms with Crippen molar-refractivity contribution in [3.63, 3.8) is 0 Å². The fraction of sp³-hybridized carbons (Fsp3) is 0.462. The zero-order valence-corrected chi connectivity index (χ0v) is 26.7. The van der Waals surface area contributed by atoms with E-state index in [1.165, 1.54) is 0 Å². The van der Waals surface area contributed by atoms with Crippen LogP contribution in [0, 0.1) is 0 Å². The molecule has 13 heteroatoms. The van der Waals surface area contributed by atoms with Gasteiger partial charge in [-0.2, -0.15) is 0 Å². The van der Waals surface area contributed by atoms with E-state index in [4.69, 9.17) is 26.6 Å². The number of nitrogens with one attached hydrogen (secondary N) is 2. The van der Waals surface area contributed by atoms with Gasteiger partial charge in [0.25, 0.3) is 0 Å². The van der Waals surface area contributed by atoms with E-state index in [0.29, 0.717) is 11.1 Å². The molecule has 0 unspecified atom stereocenters. The molecule has 0 heterocycles. The van der Waals surface area contributed by atoms with E-state index in [0.717, 1.165) is 38.0 Å². The number of rotatable bonds is 16. The molecule has 0 saturated heterocycles. The van der Waals surface area contributed by atoms with Crippen molar-refractivity contribution in [3.8, 4) is 0 Å². The maximum atomic E-state index is 11.5. The summed E-state index contributed by atoms with van der Waals surface area (Å²) < 4.78 is 32.0. The quantitative estimate of drug-likeness (QED) is 0.151. The van der Waals surface area contributed by atoms with E-state index in [1.54, 1.807) is 91.5 Å². The van der Waals surface area contributed by atoms with Crippen molar-refractivity contribution in [2.24, 2.45) is 0 Å². The molecule has 0 amide bonds. The standard InChI is InChI=1S/2C13H21NO4Si.Co/c2*1-16-19(17-2,18-3)10-6-9-14-11-12-7-4-5-8-13(12)15;/h2*4-5,7-8,11,14H,6,9-10H2,1-3H3;/b2*12-11-;. The van der Waals surface area contributed by atoms with Crippen LogP contribution >= 0.6 is 0 Å². The molecule has 0 atom stereocenters. The van der Waals surface area contributed by atoms with Gasteiger partial charge >= 0.3 is 17.6 Å². The van der Waals surface area contributed by atoms with Crippen LogP contribution in [0.3, 0.4) is 0 Å². The van der Waals surface area contributed by atoms with Crippen molar-refractivity contribution in [3.05, 3.63) is 72.2 Å². The van der Waals surface area contributed by atoms with Gasteiger partial charge in [-0.25, -0.2) is 0 Å². The Bertz CT molecular complexity index is 836. The van der Waals surface area contributed by atoms with Gasteiger partial charge in [0.15, 0.2) is 11.6 Å². The first-order valence-electron chi connectivity index (χ1n) is 12.3. The fourth-order valence-corrected chi connectivity index (χ4v) is 6.93. The molecule has 2 N–H and O–H groups in total. The molecule has 0 aliphatic heterocycles. The van der Waals surface area contributed by atoms with Gasteiger partial charge in [0.2, 0.25) is 0 Å². The predicted molar refractivity (Wildman–Crippen MR) is 151 cm³/mol. The van der Waals surface area contributed by atoms with E-state index in [2.05, 4.69) is 10.6 Å². The number of allylic oxidation sites excluding steroid dienone is 10. The number of hydrogen-bond acceptors (Lipinski definition) is 10. The molecule has 0 aromatic heterocycles. The topological polar surface area (TPSA) is 114 Å². The largest absolute Gasteiger partial charge is 0.500 e. The molecule has 2 aliphatic carbocycles. The monoisotopic (exact) mass is 625 g/mol. The molecule has 0 saturated carbocycles. The van der Waals surface area contributed by atoms with Crippen molar-refractivity contribution < 1.29 is 52.9 Å². The van der Waals surface area contributed by atoms with Crippen LogP contribution in [0.15, 0.2) is 72.2 Å². The summed E-state index contributed by atoms with van der Waals surface area (Å²) >= 11 is 0. The third kappa shape index (κ3) is 13.3. The van der Waals surface area contributed by atoms with Gasteiger partial charge in [0, 0.05) is 108 Å². The van der Waals surface area contributed by atoms with E-state index in [1.807, 2.05) is 12.2 Å². The van der Waals surface area contributed by atoms with Gasteiger partial charge < -0.3 is 37.2 Å². The molecule has 2 aliphatic rings. The Labute approximate surface area is 245 Å². The molecular weight excluding hydrogens is 583 g/mol. The van der Waals surface area contributed by atoms with Crippen molar-refractivity contribution in [2.45, 2.75) is 24.9 Å². The average molecular weight is 626 g/mol. The summed E-state index contributed by atoms with van der Waals surface area (Å²) in [6.45, 7) is 1.47. The van der Waals surface area contributed by atoms with Crippen molar-refractivity contribution >= 4 is 29.2 Å². The molecule has 2 rings (SSSR count). The Kier molecular flexibility index (Phi) is 19.9. The van der Waals surface area contributed by atoms with Crippen molar-refractivity contribution in [1.29, 1.82) is 0 Å². The molecule has 0 fully saturated rings. The van der Waals surface area contributed by atoms with Gasteiger partial charge in [-0.1, -0.05) is 24.3 Å². The van der Waals surface area contributed by atoms with Crippen LogP contribution in [0.4, 0.5) is 0 Å². The summed E-state index contributed by atoms with van der Waals surface area (Å²) in [6.07, 6.45) is 19.0. The molecule has 10 nitrogen and oxygen atoms in total. The van der Waals surface area contributed by atoms with Gasteiger partial charge in [0.1, 0.15) is 0 Å². The summed E-state index contributed by atoms with van der Waals surface area (Å²) in [5.74, 6) is 0.0359. The molecule has 0 aromatic rings. The Balaban J connectivity index is 0.000000722. The average Bonchev–Trinajstić information content (AvgIpc) is 2.95. The third-order valence-electron chi connectivity index (χ3n) is 5.83. The summed E-state index contributed by atoms with van der Waals surface area (Å²) in [5.41, 5.74) is 1.33. The predicted octanol–water partition coefficient (Wildman–Crippen LogP) is 2.84. The smallest absolute Gasteiger partial charge is 0.390 e. The van der Waals surface area contributed by atoms with E-state index in [9.17, 15) is 9.59 Å². The SMILES string of the molecule is CO[Si](CCCN/C=C1/C=CC=CC1=O)(OC)OC.CO[Si](CCCN/C=C1/C=CC=CC1=O)(OC)OC.[Co]. The van der Waals surface area contributed by atoms with Crippen LogP contribution in [0.1, 0.15) is 12.8 Å². The Morgan fingerprint density at radius 3 is 1.18 bits per heavy atom. The van der Waals surface area contributed by atoms with Gasteiger partial charge in [-0.05, 0) is 37.1 Å². The van der Waals surface area contributed by atoms with Gasteiger partial charge in [-0.15, -0.1) is 0 Å². The van der Waals surface area contributed by atoms with Gasteiger partial charge in [-0.3, -0.25) is 9.59 Å². The van der Waals surface area contributed by atoms with Gasteiger partial charge in [0.05, 0.1) is 0 Å². The van der Waals surface area contributed by atoms with E-state index >= 15 is 0 Å². The summed E-state index contributed by atoms with van der Waals surface area (Å²) in [5, 5.41) is 6.24. The second-order valence-electron chi connectivity index (χ2n) is 8.07. The normalized spacial score (nSPS) is 16.8. The van der Waals surface area contributed by atoms with Crippen LogP contribution in [0.5, 0.6) is 0 Å². The minimum absolute atomic E-state index is 0. The molecular formula is C26H42CoN2O8Si2. The van der Waals surface area contributed by atoms with Crippen LogP contribution < -0.4 is 10.6 Å². The zero-order chi connectivity index (χ0) is 28.3. The maximum Gasteiger partial charge on any atom is 0.500 e. The molecule has 39 heavy (non-hydrogen) atoms.